The fourth-order valence-electron chi connectivity index (χ4n) is 4.04. The number of hydrogen-bond acceptors (Lipinski definition) is 5. The van der Waals surface area contributed by atoms with Crippen molar-refractivity contribution in [3.05, 3.63) is 52.5 Å². The van der Waals surface area contributed by atoms with Gasteiger partial charge in [0.15, 0.2) is 5.78 Å². The number of thiazole rings is 1. The van der Waals surface area contributed by atoms with E-state index in [4.69, 9.17) is 4.99 Å². The first kappa shape index (κ1) is 15.7. The first-order valence-corrected chi connectivity index (χ1v) is 9.67. The molecule has 5 heteroatoms. The molecule has 0 amide bonds. The van der Waals surface area contributed by atoms with Crippen molar-refractivity contribution in [1.29, 1.82) is 0 Å². The molecule has 1 atom stereocenters. The molecule has 2 aromatic carbocycles. The summed E-state index contributed by atoms with van der Waals surface area (Å²) in [6, 6.07) is 12.3. The molecule has 0 unspecified atom stereocenters. The zero-order valence-electron chi connectivity index (χ0n) is 15.0. The molecule has 1 fully saturated rings. The van der Waals surface area contributed by atoms with Gasteiger partial charge in [-0.05, 0) is 57.5 Å². The quantitative estimate of drug-likeness (QED) is 0.609. The molecule has 130 valence electrons. The van der Waals surface area contributed by atoms with E-state index in [0.717, 1.165) is 51.8 Å². The number of nitrogens with zero attached hydrogens (tertiary/aromatic N) is 3. The van der Waals surface area contributed by atoms with Gasteiger partial charge < -0.3 is 4.90 Å². The number of hydrogen-bond donors (Lipinski definition) is 0. The molecule has 3 aromatic rings. The van der Waals surface area contributed by atoms with Gasteiger partial charge in [-0.25, -0.2) is 9.98 Å². The Bertz CT molecular complexity index is 1110. The topological polar surface area (TPSA) is 45.6 Å². The number of benzene rings is 2. The normalized spacial score (nSPS) is 21.7. The van der Waals surface area contributed by atoms with E-state index in [9.17, 15) is 4.79 Å². The number of aryl methyl sites for hydroxylation is 2. The second-order valence-electron chi connectivity index (χ2n) is 7.40. The van der Waals surface area contributed by atoms with E-state index >= 15 is 0 Å². The third kappa shape index (κ3) is 2.10. The number of carbonyl (C=O) groups excluding carboxylic acids is 1. The van der Waals surface area contributed by atoms with Crippen molar-refractivity contribution >= 4 is 44.5 Å². The third-order valence-electron chi connectivity index (χ3n) is 5.50. The highest BCUT2D eigenvalue weighted by atomic mass is 32.1. The zero-order valence-corrected chi connectivity index (χ0v) is 15.9. The molecular weight excluding hydrogens is 342 g/mol. The Labute approximate surface area is 156 Å². The van der Waals surface area contributed by atoms with Gasteiger partial charge in [0, 0.05) is 17.8 Å². The van der Waals surface area contributed by atoms with Gasteiger partial charge in [-0.2, -0.15) is 0 Å². The lowest BCUT2D eigenvalue weighted by Crippen LogP contribution is -2.40. The predicted molar refractivity (Wildman–Crippen MR) is 107 cm³/mol. The lowest BCUT2D eigenvalue weighted by Gasteiger charge is -2.31. The number of aromatic nitrogens is 1. The fraction of sp³-hybridized carbons (Fsp3) is 0.286. The van der Waals surface area contributed by atoms with Crippen LogP contribution in [0.2, 0.25) is 0 Å². The summed E-state index contributed by atoms with van der Waals surface area (Å²) in [6.07, 6.45) is 0.784. The van der Waals surface area contributed by atoms with E-state index in [1.807, 2.05) is 39.0 Å². The number of ketones is 1. The van der Waals surface area contributed by atoms with Gasteiger partial charge in [-0.1, -0.05) is 11.6 Å². The van der Waals surface area contributed by atoms with Crippen LogP contribution in [-0.4, -0.2) is 23.1 Å². The first-order valence-electron chi connectivity index (χ1n) is 8.85. The van der Waals surface area contributed by atoms with Crippen LogP contribution in [-0.2, 0) is 0 Å². The van der Waals surface area contributed by atoms with E-state index < -0.39 is 5.41 Å². The average molecular weight is 361 g/mol. The molecule has 1 saturated heterocycles. The van der Waals surface area contributed by atoms with Crippen LogP contribution in [0.1, 0.15) is 34.3 Å². The Hall–Kier alpha value is -2.53. The summed E-state index contributed by atoms with van der Waals surface area (Å²) in [7, 11) is 0. The van der Waals surface area contributed by atoms with Crippen molar-refractivity contribution in [2.45, 2.75) is 27.2 Å². The molecule has 2 aliphatic rings. The zero-order chi connectivity index (χ0) is 18.1. The maximum absolute atomic E-state index is 13.2. The molecule has 26 heavy (non-hydrogen) atoms. The second-order valence-corrected chi connectivity index (χ2v) is 8.64. The SMILES string of the molecule is Cc1ccc2c(c1)C(=O)[C@]1(C)CCN(c3ccc4sc(C)nc4c3)C1=N2. The Balaban J connectivity index is 1.65. The van der Waals surface area contributed by atoms with Gasteiger partial charge in [0.2, 0.25) is 0 Å². The summed E-state index contributed by atoms with van der Waals surface area (Å²) in [4.78, 5) is 25.0. The summed E-state index contributed by atoms with van der Waals surface area (Å²) >= 11 is 1.70. The number of anilines is 1. The molecular formula is C21H19N3OS. The summed E-state index contributed by atoms with van der Waals surface area (Å²) in [5, 5.41) is 1.07. The van der Waals surface area contributed by atoms with Crippen LogP contribution >= 0.6 is 11.3 Å². The Morgan fingerprint density at radius 2 is 2.00 bits per heavy atom. The van der Waals surface area contributed by atoms with Gasteiger partial charge in [0.25, 0.3) is 0 Å². The first-order chi connectivity index (χ1) is 12.5. The Morgan fingerprint density at radius 1 is 1.15 bits per heavy atom. The van der Waals surface area contributed by atoms with Crippen molar-refractivity contribution in [3.8, 4) is 0 Å². The van der Waals surface area contributed by atoms with Gasteiger partial charge >= 0.3 is 0 Å². The highest BCUT2D eigenvalue weighted by Gasteiger charge is 2.49. The predicted octanol–water partition coefficient (Wildman–Crippen LogP) is 5.06. The molecule has 0 radical (unpaired) electrons. The van der Waals surface area contributed by atoms with E-state index in [2.05, 4.69) is 28.1 Å². The summed E-state index contributed by atoms with van der Waals surface area (Å²) in [5.74, 6) is 1.06. The van der Waals surface area contributed by atoms with Crippen LogP contribution in [0.15, 0.2) is 41.4 Å². The molecule has 3 heterocycles. The highest BCUT2D eigenvalue weighted by molar-refractivity contribution is 7.18. The third-order valence-corrected chi connectivity index (χ3v) is 6.45. The standard InChI is InChI=1S/C21H19N3OS/c1-12-4-6-16-15(10-12)19(25)21(3)8-9-24(20(21)23-16)14-5-7-18-17(11-14)22-13(2)26-18/h4-7,10-11H,8-9H2,1-3H3/t21-/m0/s1. The van der Waals surface area contributed by atoms with Crippen molar-refractivity contribution in [3.63, 3.8) is 0 Å². The molecule has 1 aromatic heterocycles. The molecule has 0 saturated carbocycles. The molecule has 2 aliphatic heterocycles. The van der Waals surface area contributed by atoms with E-state index in [0.29, 0.717) is 0 Å². The van der Waals surface area contributed by atoms with Gasteiger partial charge in [0.1, 0.15) is 5.84 Å². The molecule has 4 nitrogen and oxygen atoms in total. The largest absolute Gasteiger partial charge is 0.329 e. The minimum absolute atomic E-state index is 0.189. The van der Waals surface area contributed by atoms with Crippen molar-refractivity contribution < 1.29 is 4.79 Å². The maximum atomic E-state index is 13.2. The van der Waals surface area contributed by atoms with Crippen molar-refractivity contribution in [1.82, 2.24) is 4.98 Å². The molecule has 5 rings (SSSR count). The summed E-state index contributed by atoms with van der Waals surface area (Å²) < 4.78 is 1.19. The van der Waals surface area contributed by atoms with Crippen LogP contribution in [0.25, 0.3) is 10.2 Å². The number of rotatable bonds is 1. The lowest BCUT2D eigenvalue weighted by atomic mass is 9.78. The minimum Gasteiger partial charge on any atom is -0.329 e. The van der Waals surface area contributed by atoms with Gasteiger partial charge in [0.05, 0.1) is 26.3 Å². The summed E-state index contributed by atoms with van der Waals surface area (Å²) in [5.41, 5.74) is 4.16. The highest BCUT2D eigenvalue weighted by Crippen LogP contribution is 2.45. The van der Waals surface area contributed by atoms with E-state index in [1.54, 1.807) is 11.3 Å². The lowest BCUT2D eigenvalue weighted by molar-refractivity contribution is 0.0887. The van der Waals surface area contributed by atoms with Gasteiger partial charge in [-0.3, -0.25) is 4.79 Å². The van der Waals surface area contributed by atoms with Crippen LogP contribution in [0.4, 0.5) is 11.4 Å². The summed E-state index contributed by atoms with van der Waals surface area (Å²) in [6.45, 7) is 6.87. The van der Waals surface area contributed by atoms with Crippen molar-refractivity contribution in [2.24, 2.45) is 10.4 Å². The number of Topliss-reactive ketones (excluding diaryl/α,β-unsaturated/α-hetero) is 1. The fourth-order valence-corrected chi connectivity index (χ4v) is 4.85. The van der Waals surface area contributed by atoms with Crippen LogP contribution in [0.5, 0.6) is 0 Å². The molecule has 0 spiro atoms. The van der Waals surface area contributed by atoms with Crippen LogP contribution in [0, 0.1) is 19.3 Å². The molecule has 0 aliphatic carbocycles. The maximum Gasteiger partial charge on any atom is 0.178 e. The van der Waals surface area contributed by atoms with Crippen LogP contribution in [0.3, 0.4) is 0 Å². The molecule has 0 bridgehead atoms. The second kappa shape index (κ2) is 5.24. The number of amidine groups is 1. The van der Waals surface area contributed by atoms with E-state index in [1.165, 1.54) is 4.70 Å². The Kier molecular flexibility index (Phi) is 3.16. The molecule has 0 N–H and O–H groups in total. The van der Waals surface area contributed by atoms with Crippen molar-refractivity contribution in [2.75, 3.05) is 11.4 Å². The number of aliphatic imine (C=N–C) groups is 1. The van der Waals surface area contributed by atoms with Gasteiger partial charge in [-0.15, -0.1) is 11.3 Å². The number of carbonyl (C=O) groups is 1. The Morgan fingerprint density at radius 3 is 2.85 bits per heavy atom. The monoisotopic (exact) mass is 361 g/mol. The van der Waals surface area contributed by atoms with E-state index in [-0.39, 0.29) is 5.78 Å². The van der Waals surface area contributed by atoms with Crippen LogP contribution < -0.4 is 4.90 Å². The smallest absolute Gasteiger partial charge is 0.178 e. The average Bonchev–Trinajstić information content (AvgIpc) is 3.15. The number of fused-ring (bicyclic) bond motifs is 3. The minimum atomic E-state index is -0.548.